The van der Waals surface area contributed by atoms with Crippen molar-refractivity contribution in [3.05, 3.63) is 74.6 Å². The summed E-state index contributed by atoms with van der Waals surface area (Å²) in [7, 11) is -3.86. The summed E-state index contributed by atoms with van der Waals surface area (Å²) < 4.78 is 28.6. The van der Waals surface area contributed by atoms with Crippen LogP contribution in [0.1, 0.15) is 27.3 Å². The van der Waals surface area contributed by atoms with Crippen LogP contribution in [0.4, 0.5) is 11.6 Å². The Balaban J connectivity index is 1.65. The fourth-order valence-corrected chi connectivity index (χ4v) is 4.41. The average molecular weight is 581 g/mol. The predicted octanol–water partition coefficient (Wildman–Crippen LogP) is 3.93. The second-order valence-electron chi connectivity index (χ2n) is 6.98. The molecule has 8 nitrogen and oxygen atoms in total. The minimum atomic E-state index is -3.86. The van der Waals surface area contributed by atoms with E-state index < -0.39 is 10.0 Å². The average Bonchev–Trinajstić information content (AvgIpc) is 2.69. The van der Waals surface area contributed by atoms with E-state index in [9.17, 15) is 13.2 Å². The van der Waals surface area contributed by atoms with E-state index in [-0.39, 0.29) is 21.9 Å². The van der Waals surface area contributed by atoms with Gasteiger partial charge in [0.1, 0.15) is 0 Å². The number of carbonyl (C=O) groups excluding carboxylic acids is 1. The van der Waals surface area contributed by atoms with Crippen LogP contribution >= 0.6 is 34.8 Å². The monoisotopic (exact) mass is 581 g/mol. The molecule has 1 aromatic heterocycles. The lowest BCUT2D eigenvalue weighted by atomic mass is 10.1. The number of hydrogen-bond acceptors (Lipinski definition) is 6. The molecule has 0 aliphatic carbocycles. The zero-order valence-corrected chi connectivity index (χ0v) is 21.2. The van der Waals surface area contributed by atoms with Gasteiger partial charge in [0.25, 0.3) is 15.9 Å². The summed E-state index contributed by atoms with van der Waals surface area (Å²) in [5.74, 6) is -0.323. The van der Waals surface area contributed by atoms with Crippen molar-refractivity contribution in [3.63, 3.8) is 0 Å². The second-order valence-corrected chi connectivity index (χ2v) is 10.2. The highest BCUT2D eigenvalue weighted by molar-refractivity contribution is 14.1. The van der Waals surface area contributed by atoms with Gasteiger partial charge in [-0.1, -0.05) is 6.07 Å². The number of hydrogen-bond donors (Lipinski definition) is 3. The number of nitrogens with zero attached hydrogens (tertiary/aromatic N) is 2. The number of sulfonamides is 1. The molecule has 166 valence electrons. The van der Waals surface area contributed by atoms with Gasteiger partial charge in [-0.05, 0) is 104 Å². The zero-order chi connectivity index (χ0) is 23.5. The second kappa shape index (κ2) is 9.88. The number of amides is 1. The van der Waals surface area contributed by atoms with E-state index in [0.29, 0.717) is 22.6 Å². The van der Waals surface area contributed by atoms with Gasteiger partial charge in [-0.15, -0.1) is 0 Å². The molecule has 3 rings (SSSR count). The van der Waals surface area contributed by atoms with E-state index in [4.69, 9.17) is 12.2 Å². The number of anilines is 2. The third-order valence-electron chi connectivity index (χ3n) is 4.29. The van der Waals surface area contributed by atoms with Gasteiger partial charge >= 0.3 is 0 Å². The van der Waals surface area contributed by atoms with E-state index in [0.717, 1.165) is 9.13 Å². The molecule has 0 aliphatic rings. The summed E-state index contributed by atoms with van der Waals surface area (Å²) in [6.45, 7) is 5.48. The number of thiocarbonyl (C=S) groups is 1. The predicted molar refractivity (Wildman–Crippen MR) is 136 cm³/mol. The van der Waals surface area contributed by atoms with Crippen LogP contribution in [0.5, 0.6) is 0 Å². The van der Waals surface area contributed by atoms with E-state index in [1.165, 1.54) is 12.1 Å². The Morgan fingerprint density at radius 3 is 2.19 bits per heavy atom. The Bertz CT molecular complexity index is 1280. The number of rotatable bonds is 5. The molecule has 0 saturated carbocycles. The first-order chi connectivity index (χ1) is 15.0. The third kappa shape index (κ3) is 6.20. The first-order valence-corrected chi connectivity index (χ1v) is 12.3. The zero-order valence-electron chi connectivity index (χ0n) is 17.4. The lowest BCUT2D eigenvalue weighted by molar-refractivity contribution is 0.0977. The van der Waals surface area contributed by atoms with Crippen LogP contribution in [0.25, 0.3) is 0 Å². The quantitative estimate of drug-likeness (QED) is 0.309. The highest BCUT2D eigenvalue weighted by atomic mass is 127. The molecule has 2 aromatic carbocycles. The molecule has 0 spiro atoms. The van der Waals surface area contributed by atoms with Crippen LogP contribution in [-0.2, 0) is 10.0 Å². The van der Waals surface area contributed by atoms with Gasteiger partial charge in [0, 0.05) is 26.2 Å². The molecule has 0 radical (unpaired) electrons. The van der Waals surface area contributed by atoms with Crippen molar-refractivity contribution >= 4 is 67.5 Å². The SMILES string of the molecule is Cc1cc(C)nc(NS(=O)(=O)c2ccc(NC(=S)NC(=O)c3ccc(C)c(I)c3)cc2)n1. The molecule has 1 amide bonds. The van der Waals surface area contributed by atoms with Crippen molar-refractivity contribution in [1.82, 2.24) is 15.3 Å². The van der Waals surface area contributed by atoms with Crippen molar-refractivity contribution in [2.24, 2.45) is 0 Å². The summed E-state index contributed by atoms with van der Waals surface area (Å²) in [5.41, 5.74) is 3.41. The van der Waals surface area contributed by atoms with Gasteiger partial charge in [0.15, 0.2) is 5.11 Å². The number of halogens is 1. The molecule has 0 atom stereocenters. The molecule has 11 heteroatoms. The molecule has 0 fully saturated rings. The number of benzene rings is 2. The maximum absolute atomic E-state index is 12.6. The van der Waals surface area contributed by atoms with E-state index in [2.05, 4.69) is 47.9 Å². The fourth-order valence-electron chi connectivity index (χ4n) is 2.74. The lowest BCUT2D eigenvalue weighted by Gasteiger charge is -2.11. The van der Waals surface area contributed by atoms with Crippen LogP contribution in [0.15, 0.2) is 53.4 Å². The largest absolute Gasteiger partial charge is 0.332 e. The number of nitrogens with one attached hydrogen (secondary N) is 3. The van der Waals surface area contributed by atoms with Gasteiger partial charge in [0.05, 0.1) is 4.90 Å². The molecule has 1 heterocycles. The Kier molecular flexibility index (Phi) is 7.41. The molecule has 0 bridgehead atoms. The summed E-state index contributed by atoms with van der Waals surface area (Å²) >= 11 is 7.36. The Hall–Kier alpha value is -2.64. The van der Waals surface area contributed by atoms with Gasteiger partial charge in [0.2, 0.25) is 5.95 Å². The van der Waals surface area contributed by atoms with Crippen LogP contribution in [0.3, 0.4) is 0 Å². The van der Waals surface area contributed by atoms with Crippen LogP contribution in [-0.4, -0.2) is 29.4 Å². The summed E-state index contributed by atoms with van der Waals surface area (Å²) in [6.07, 6.45) is 0. The highest BCUT2D eigenvalue weighted by Gasteiger charge is 2.16. The van der Waals surface area contributed by atoms with Crippen molar-refractivity contribution in [2.45, 2.75) is 25.7 Å². The lowest BCUT2D eigenvalue weighted by Crippen LogP contribution is -2.34. The molecule has 0 aliphatic heterocycles. The molecule has 3 N–H and O–H groups in total. The molecule has 0 unspecified atom stereocenters. The summed E-state index contributed by atoms with van der Waals surface area (Å²) in [5, 5.41) is 5.58. The van der Waals surface area contributed by atoms with Gasteiger partial charge in [-0.2, -0.15) is 0 Å². The summed E-state index contributed by atoms with van der Waals surface area (Å²) in [6, 6.07) is 13.0. The fraction of sp³-hybridized carbons (Fsp3) is 0.143. The number of carbonyl (C=O) groups is 1. The molecule has 32 heavy (non-hydrogen) atoms. The first-order valence-electron chi connectivity index (χ1n) is 9.37. The normalized spacial score (nSPS) is 11.0. The van der Waals surface area contributed by atoms with Crippen molar-refractivity contribution in [1.29, 1.82) is 0 Å². The van der Waals surface area contributed by atoms with Crippen molar-refractivity contribution < 1.29 is 13.2 Å². The Morgan fingerprint density at radius 2 is 1.59 bits per heavy atom. The van der Waals surface area contributed by atoms with Gasteiger partial charge in [-0.25, -0.2) is 23.1 Å². The van der Waals surface area contributed by atoms with Crippen molar-refractivity contribution in [3.8, 4) is 0 Å². The minimum absolute atomic E-state index is 0.0133. The number of aryl methyl sites for hydroxylation is 3. The standard InChI is InChI=1S/C21H20IN5O3S2/c1-12-4-5-15(11-18(12)22)19(28)26-21(31)25-16-6-8-17(9-7-16)32(29,30)27-20-23-13(2)10-14(3)24-20/h4-11H,1-3H3,(H,23,24,27)(H2,25,26,28,31). The first kappa shape index (κ1) is 24.0. The van der Waals surface area contributed by atoms with Gasteiger partial charge < -0.3 is 5.32 Å². The maximum atomic E-state index is 12.6. The molecule has 3 aromatic rings. The molecular formula is C21H20IN5O3S2. The molecular weight excluding hydrogens is 561 g/mol. The minimum Gasteiger partial charge on any atom is -0.332 e. The summed E-state index contributed by atoms with van der Waals surface area (Å²) in [4.78, 5) is 20.6. The number of aromatic nitrogens is 2. The maximum Gasteiger partial charge on any atom is 0.264 e. The third-order valence-corrected chi connectivity index (χ3v) is 7.00. The molecule has 0 saturated heterocycles. The van der Waals surface area contributed by atoms with Crippen LogP contribution < -0.4 is 15.4 Å². The Labute approximate surface area is 205 Å². The Morgan fingerprint density at radius 1 is 0.969 bits per heavy atom. The van der Waals surface area contributed by atoms with E-state index in [1.807, 2.05) is 13.0 Å². The van der Waals surface area contributed by atoms with E-state index >= 15 is 0 Å². The van der Waals surface area contributed by atoms with Gasteiger partial charge in [-0.3, -0.25) is 10.1 Å². The highest BCUT2D eigenvalue weighted by Crippen LogP contribution is 2.17. The van der Waals surface area contributed by atoms with E-state index in [1.54, 1.807) is 44.2 Å². The van der Waals surface area contributed by atoms with Crippen LogP contribution in [0.2, 0.25) is 0 Å². The van der Waals surface area contributed by atoms with Crippen molar-refractivity contribution in [2.75, 3.05) is 10.0 Å². The topological polar surface area (TPSA) is 113 Å². The smallest absolute Gasteiger partial charge is 0.264 e. The van der Waals surface area contributed by atoms with Crippen LogP contribution in [0, 0.1) is 24.3 Å².